The lowest BCUT2D eigenvalue weighted by Crippen LogP contribution is -2.23. The Morgan fingerprint density at radius 2 is 2.20 bits per heavy atom. The number of amides is 1. The van der Waals surface area contributed by atoms with Crippen molar-refractivity contribution >= 4 is 6.09 Å². The van der Waals surface area contributed by atoms with E-state index in [4.69, 9.17) is 0 Å². The molecule has 0 aromatic carbocycles. The van der Waals surface area contributed by atoms with Crippen LogP contribution in [0.15, 0.2) is 17.1 Å². The fourth-order valence-corrected chi connectivity index (χ4v) is 1.21. The summed E-state index contributed by atoms with van der Waals surface area (Å²) in [4.78, 5) is 14.7. The number of pyridine rings is 1. The van der Waals surface area contributed by atoms with Gasteiger partial charge < -0.3 is 9.94 Å². The second kappa shape index (κ2) is 4.63. The Balaban J connectivity index is 3.19. The number of ether oxygens (including phenoxy) is 1. The molecule has 0 spiro atoms. The topological polar surface area (TPSA) is 63.8 Å². The Morgan fingerprint density at radius 3 is 2.80 bits per heavy atom. The zero-order chi connectivity index (χ0) is 11.4. The first-order valence-corrected chi connectivity index (χ1v) is 4.65. The van der Waals surface area contributed by atoms with Crippen molar-refractivity contribution in [3.8, 4) is 0 Å². The van der Waals surface area contributed by atoms with E-state index in [1.165, 1.54) is 0 Å². The molecule has 0 aliphatic rings. The maximum absolute atomic E-state index is 11.1. The molecule has 1 N–H and O–H groups in total. The van der Waals surface area contributed by atoms with Crippen LogP contribution in [0.5, 0.6) is 0 Å². The molecule has 0 radical (unpaired) electrons. The smallest absolute Gasteiger partial charge is 0.435 e. The molecule has 1 aromatic rings. The average molecular weight is 210 g/mol. The largest absolute Gasteiger partial charge is 0.448 e. The van der Waals surface area contributed by atoms with Crippen molar-refractivity contribution in [2.24, 2.45) is 4.99 Å². The van der Waals surface area contributed by atoms with Crippen molar-refractivity contribution in [2.45, 2.75) is 20.8 Å². The number of carbonyl (C=O) groups excluding carboxylic acids is 1. The van der Waals surface area contributed by atoms with Gasteiger partial charge in [-0.15, -0.1) is 0 Å². The highest BCUT2D eigenvalue weighted by Crippen LogP contribution is 1.96. The van der Waals surface area contributed by atoms with E-state index in [-0.39, 0.29) is 12.1 Å². The SMILES string of the molecule is CCOC(=O)/N=c1/cc(C)cc(C)n1O. The van der Waals surface area contributed by atoms with Crippen LogP contribution >= 0.6 is 0 Å². The van der Waals surface area contributed by atoms with Crippen LogP contribution in [0.3, 0.4) is 0 Å². The second-order valence-corrected chi connectivity index (χ2v) is 3.15. The summed E-state index contributed by atoms with van der Waals surface area (Å²) in [7, 11) is 0. The number of carbonyl (C=O) groups is 1. The van der Waals surface area contributed by atoms with Crippen molar-refractivity contribution in [2.75, 3.05) is 6.61 Å². The normalized spacial score (nSPS) is 11.5. The predicted molar refractivity (Wildman–Crippen MR) is 53.7 cm³/mol. The molecule has 15 heavy (non-hydrogen) atoms. The van der Waals surface area contributed by atoms with Crippen LogP contribution in [-0.4, -0.2) is 22.6 Å². The third-order valence-electron chi connectivity index (χ3n) is 1.82. The van der Waals surface area contributed by atoms with E-state index in [2.05, 4.69) is 9.73 Å². The highest BCUT2D eigenvalue weighted by molar-refractivity contribution is 5.68. The van der Waals surface area contributed by atoms with Crippen molar-refractivity contribution in [1.82, 2.24) is 4.73 Å². The maximum Gasteiger partial charge on any atom is 0.435 e. The second-order valence-electron chi connectivity index (χ2n) is 3.15. The maximum atomic E-state index is 11.1. The summed E-state index contributed by atoms with van der Waals surface area (Å²) in [6, 6.07) is 3.38. The molecule has 0 atom stereocenters. The van der Waals surface area contributed by atoms with E-state index < -0.39 is 6.09 Å². The highest BCUT2D eigenvalue weighted by atomic mass is 16.5. The first-order chi connectivity index (χ1) is 7.04. The number of rotatable bonds is 1. The third kappa shape index (κ3) is 2.83. The lowest BCUT2D eigenvalue weighted by molar-refractivity contribution is 0.151. The van der Waals surface area contributed by atoms with Crippen LogP contribution in [-0.2, 0) is 4.74 Å². The fourth-order valence-electron chi connectivity index (χ4n) is 1.21. The van der Waals surface area contributed by atoms with E-state index in [9.17, 15) is 10.0 Å². The number of aryl methyl sites for hydroxylation is 2. The molecular weight excluding hydrogens is 196 g/mol. The van der Waals surface area contributed by atoms with Gasteiger partial charge in [0.05, 0.1) is 12.3 Å². The summed E-state index contributed by atoms with van der Waals surface area (Å²) in [6.07, 6.45) is -0.703. The highest BCUT2D eigenvalue weighted by Gasteiger charge is 2.01. The summed E-state index contributed by atoms with van der Waals surface area (Å²) in [6.45, 7) is 5.54. The van der Waals surface area contributed by atoms with Crippen LogP contribution in [0.4, 0.5) is 4.79 Å². The minimum Gasteiger partial charge on any atom is -0.448 e. The van der Waals surface area contributed by atoms with Crippen LogP contribution in [0, 0.1) is 13.8 Å². The standard InChI is InChI=1S/C10H14N2O3/c1-4-15-10(13)11-9-6-7(2)5-8(3)12(9)14/h5-6,14H,4H2,1-3H3/b11-9-. The lowest BCUT2D eigenvalue weighted by Gasteiger charge is -2.04. The van der Waals surface area contributed by atoms with Crippen molar-refractivity contribution in [1.29, 1.82) is 0 Å². The average Bonchev–Trinajstić information content (AvgIpc) is 2.13. The Hall–Kier alpha value is -1.78. The van der Waals surface area contributed by atoms with Crippen LogP contribution in [0.1, 0.15) is 18.2 Å². The Kier molecular flexibility index (Phi) is 3.49. The van der Waals surface area contributed by atoms with Gasteiger partial charge in [0.15, 0.2) is 5.49 Å². The molecule has 1 amide bonds. The first kappa shape index (κ1) is 11.3. The molecule has 0 saturated heterocycles. The summed E-state index contributed by atoms with van der Waals surface area (Å²) >= 11 is 0. The Bertz CT molecular complexity index is 435. The number of hydrogen-bond acceptors (Lipinski definition) is 3. The lowest BCUT2D eigenvalue weighted by atomic mass is 10.2. The summed E-state index contributed by atoms with van der Waals surface area (Å²) in [5.74, 6) is 0. The monoisotopic (exact) mass is 210 g/mol. The van der Waals surface area contributed by atoms with Crippen molar-refractivity contribution in [3.05, 3.63) is 28.9 Å². The van der Waals surface area contributed by atoms with Gasteiger partial charge in [-0.2, -0.15) is 9.72 Å². The molecule has 1 aromatic heterocycles. The van der Waals surface area contributed by atoms with Crippen LogP contribution in [0.2, 0.25) is 0 Å². The number of aromatic nitrogens is 1. The van der Waals surface area contributed by atoms with Crippen LogP contribution < -0.4 is 5.49 Å². The molecule has 0 fully saturated rings. The van der Waals surface area contributed by atoms with Gasteiger partial charge in [0, 0.05) is 0 Å². The van der Waals surface area contributed by atoms with Gasteiger partial charge in [-0.25, -0.2) is 4.79 Å². The minimum absolute atomic E-state index is 0.172. The first-order valence-electron chi connectivity index (χ1n) is 4.65. The molecule has 1 rings (SSSR count). The molecule has 0 bridgehead atoms. The molecule has 1 heterocycles. The zero-order valence-corrected chi connectivity index (χ0v) is 9.02. The van der Waals surface area contributed by atoms with Gasteiger partial charge in [-0.3, -0.25) is 0 Å². The molecule has 0 saturated carbocycles. The molecule has 82 valence electrons. The molecule has 5 heteroatoms. The van der Waals surface area contributed by atoms with E-state index >= 15 is 0 Å². The molecule has 0 unspecified atom stereocenters. The predicted octanol–water partition coefficient (Wildman–Crippen LogP) is 1.40. The quantitative estimate of drug-likeness (QED) is 0.712. The van der Waals surface area contributed by atoms with Gasteiger partial charge in [0.25, 0.3) is 0 Å². The Labute approximate surface area is 87.6 Å². The van der Waals surface area contributed by atoms with E-state index in [0.717, 1.165) is 10.3 Å². The van der Waals surface area contributed by atoms with Gasteiger partial charge in [0.2, 0.25) is 0 Å². The Morgan fingerprint density at radius 1 is 1.53 bits per heavy atom. The molecular formula is C10H14N2O3. The van der Waals surface area contributed by atoms with Gasteiger partial charge in [-0.1, -0.05) is 0 Å². The van der Waals surface area contributed by atoms with Gasteiger partial charge >= 0.3 is 6.09 Å². The van der Waals surface area contributed by atoms with E-state index in [0.29, 0.717) is 5.69 Å². The minimum atomic E-state index is -0.703. The summed E-state index contributed by atoms with van der Waals surface area (Å²) in [5.41, 5.74) is 1.70. The van der Waals surface area contributed by atoms with Crippen LogP contribution in [0.25, 0.3) is 0 Å². The van der Waals surface area contributed by atoms with E-state index in [1.54, 1.807) is 26.0 Å². The fraction of sp³-hybridized carbons (Fsp3) is 0.400. The van der Waals surface area contributed by atoms with Crippen molar-refractivity contribution in [3.63, 3.8) is 0 Å². The molecule has 5 nitrogen and oxygen atoms in total. The summed E-state index contributed by atoms with van der Waals surface area (Å²) in [5, 5.41) is 9.55. The van der Waals surface area contributed by atoms with Gasteiger partial charge in [0.1, 0.15) is 0 Å². The summed E-state index contributed by atoms with van der Waals surface area (Å²) < 4.78 is 5.50. The van der Waals surface area contributed by atoms with Gasteiger partial charge in [-0.05, 0) is 38.5 Å². The molecule has 0 aliphatic carbocycles. The van der Waals surface area contributed by atoms with E-state index in [1.807, 2.05) is 6.92 Å². The number of nitrogens with zero attached hydrogens (tertiary/aromatic N) is 2. The van der Waals surface area contributed by atoms with Crippen molar-refractivity contribution < 1.29 is 14.7 Å². The molecule has 0 aliphatic heterocycles. The number of hydrogen-bond donors (Lipinski definition) is 1. The third-order valence-corrected chi connectivity index (χ3v) is 1.82. The zero-order valence-electron chi connectivity index (χ0n) is 9.02.